The summed E-state index contributed by atoms with van der Waals surface area (Å²) in [4.78, 5) is 20.0. The van der Waals surface area contributed by atoms with Crippen LogP contribution in [0.5, 0.6) is 0 Å². The van der Waals surface area contributed by atoms with Crippen molar-refractivity contribution in [2.75, 3.05) is 0 Å². The van der Waals surface area contributed by atoms with Gasteiger partial charge >= 0.3 is 0 Å². The predicted molar refractivity (Wildman–Crippen MR) is 57.0 cm³/mol. The molecule has 0 unspecified atom stereocenters. The van der Waals surface area contributed by atoms with Crippen LogP contribution in [0.1, 0.15) is 12.6 Å². The molecule has 2 rings (SSSR count). The quantitative estimate of drug-likeness (QED) is 0.733. The average molecular weight is 201 g/mol. The Kier molecular flexibility index (Phi) is 2.58. The molecular weight excluding hydrogens is 190 g/mol. The smallest absolute Gasteiger partial charge is 0.267 e. The van der Waals surface area contributed by atoms with Gasteiger partial charge in [0.25, 0.3) is 5.56 Å². The minimum absolute atomic E-state index is 0.0984. The van der Waals surface area contributed by atoms with Crippen molar-refractivity contribution in [3.05, 3.63) is 52.8 Å². The summed E-state index contributed by atoms with van der Waals surface area (Å²) >= 11 is 0. The first-order chi connectivity index (χ1) is 7.33. The number of rotatable bonds is 2. The maximum Gasteiger partial charge on any atom is 0.277 e. The van der Waals surface area contributed by atoms with E-state index >= 15 is 0 Å². The van der Waals surface area contributed by atoms with E-state index < -0.39 is 0 Å². The Hall–Kier alpha value is -1.97. The largest absolute Gasteiger partial charge is 0.277 e. The first-order valence-corrected chi connectivity index (χ1v) is 4.81. The molecule has 4 heteroatoms. The number of aryl methyl sites for hydroxylation is 1. The minimum atomic E-state index is -0.0984. The van der Waals surface area contributed by atoms with Gasteiger partial charge in [0.15, 0.2) is 0 Å². The van der Waals surface area contributed by atoms with Gasteiger partial charge in [0.1, 0.15) is 11.5 Å². The summed E-state index contributed by atoms with van der Waals surface area (Å²) in [6, 6.07) is 5.46. The van der Waals surface area contributed by atoms with E-state index in [0.717, 1.165) is 0 Å². The Labute approximate surface area is 87.2 Å². The van der Waals surface area contributed by atoms with Gasteiger partial charge in [-0.2, -0.15) is 0 Å². The zero-order chi connectivity index (χ0) is 10.7. The van der Waals surface area contributed by atoms with E-state index in [9.17, 15) is 4.79 Å². The van der Waals surface area contributed by atoms with Gasteiger partial charge in [-0.25, -0.2) is 4.98 Å². The Balaban J connectivity index is 2.60. The normalized spacial score (nSPS) is 10.2. The van der Waals surface area contributed by atoms with Crippen LogP contribution >= 0.6 is 0 Å². The molecule has 76 valence electrons. The fourth-order valence-corrected chi connectivity index (χ4v) is 1.37. The number of nitrogens with zero attached hydrogens (tertiary/aromatic N) is 3. The molecule has 0 amide bonds. The maximum absolute atomic E-state index is 11.9. The molecule has 0 N–H and O–H groups in total. The highest BCUT2D eigenvalue weighted by Gasteiger charge is 2.04. The van der Waals surface area contributed by atoms with Crippen molar-refractivity contribution < 1.29 is 0 Å². The van der Waals surface area contributed by atoms with Crippen LogP contribution in [0.2, 0.25) is 0 Å². The highest BCUT2D eigenvalue weighted by Crippen LogP contribution is 1.99. The number of aromatic nitrogens is 3. The zero-order valence-electron chi connectivity index (χ0n) is 8.42. The Bertz CT molecular complexity index is 505. The van der Waals surface area contributed by atoms with E-state index in [1.807, 2.05) is 19.1 Å². The molecule has 4 nitrogen and oxygen atoms in total. The van der Waals surface area contributed by atoms with Crippen LogP contribution < -0.4 is 5.56 Å². The van der Waals surface area contributed by atoms with Crippen LogP contribution in [0, 0.1) is 0 Å². The molecule has 0 bridgehead atoms. The van der Waals surface area contributed by atoms with Crippen molar-refractivity contribution in [3.8, 4) is 5.82 Å². The third-order valence-electron chi connectivity index (χ3n) is 2.14. The van der Waals surface area contributed by atoms with Crippen molar-refractivity contribution in [1.29, 1.82) is 0 Å². The van der Waals surface area contributed by atoms with Crippen molar-refractivity contribution in [3.63, 3.8) is 0 Å². The van der Waals surface area contributed by atoms with Crippen molar-refractivity contribution in [2.45, 2.75) is 13.3 Å². The van der Waals surface area contributed by atoms with Crippen molar-refractivity contribution in [2.24, 2.45) is 0 Å². The number of hydrogen-bond acceptors (Lipinski definition) is 3. The molecule has 15 heavy (non-hydrogen) atoms. The van der Waals surface area contributed by atoms with Crippen molar-refractivity contribution in [1.82, 2.24) is 14.5 Å². The van der Waals surface area contributed by atoms with Crippen LogP contribution in [0.15, 0.2) is 41.6 Å². The van der Waals surface area contributed by atoms with Gasteiger partial charge in [0.05, 0.1) is 0 Å². The SMILES string of the molecule is CCc1nccn(-c2ccccn2)c1=O. The standard InChI is InChI=1S/C11H11N3O/c1-2-9-11(15)14(8-7-12-9)10-5-3-4-6-13-10/h3-8H,2H2,1H3. The van der Waals surface area contributed by atoms with E-state index in [4.69, 9.17) is 0 Å². The highest BCUT2D eigenvalue weighted by atomic mass is 16.1. The third-order valence-corrected chi connectivity index (χ3v) is 2.14. The summed E-state index contributed by atoms with van der Waals surface area (Å²) in [5, 5.41) is 0. The first kappa shape index (κ1) is 9.58. The summed E-state index contributed by atoms with van der Waals surface area (Å²) in [6.45, 7) is 1.91. The van der Waals surface area contributed by atoms with Gasteiger partial charge in [0, 0.05) is 18.6 Å². The fourth-order valence-electron chi connectivity index (χ4n) is 1.37. The molecular formula is C11H11N3O. The summed E-state index contributed by atoms with van der Waals surface area (Å²) in [5.74, 6) is 0.625. The summed E-state index contributed by atoms with van der Waals surface area (Å²) in [7, 11) is 0. The summed E-state index contributed by atoms with van der Waals surface area (Å²) < 4.78 is 1.51. The van der Waals surface area contributed by atoms with E-state index in [0.29, 0.717) is 17.9 Å². The van der Waals surface area contributed by atoms with Gasteiger partial charge in [-0.15, -0.1) is 0 Å². The summed E-state index contributed by atoms with van der Waals surface area (Å²) in [6.07, 6.45) is 5.54. The Morgan fingerprint density at radius 1 is 1.27 bits per heavy atom. The average Bonchev–Trinajstić information content (AvgIpc) is 2.30. The number of pyridine rings is 1. The molecule has 0 aliphatic carbocycles. The monoisotopic (exact) mass is 201 g/mol. The maximum atomic E-state index is 11.9. The van der Waals surface area contributed by atoms with E-state index in [1.165, 1.54) is 4.57 Å². The zero-order valence-corrected chi connectivity index (χ0v) is 8.42. The third kappa shape index (κ3) is 1.79. The van der Waals surface area contributed by atoms with E-state index in [1.54, 1.807) is 24.7 Å². The second-order valence-corrected chi connectivity index (χ2v) is 3.09. The molecule has 0 radical (unpaired) electrons. The molecule has 2 heterocycles. The lowest BCUT2D eigenvalue weighted by Gasteiger charge is -2.04. The lowest BCUT2D eigenvalue weighted by Crippen LogP contribution is -2.23. The van der Waals surface area contributed by atoms with Crippen LogP contribution in [0.25, 0.3) is 5.82 Å². The second-order valence-electron chi connectivity index (χ2n) is 3.09. The van der Waals surface area contributed by atoms with Gasteiger partial charge in [-0.3, -0.25) is 14.3 Å². The van der Waals surface area contributed by atoms with E-state index in [-0.39, 0.29) is 5.56 Å². The molecule has 0 aliphatic rings. The molecule has 0 atom stereocenters. The van der Waals surface area contributed by atoms with Crippen molar-refractivity contribution >= 4 is 0 Å². The van der Waals surface area contributed by atoms with Crippen LogP contribution in [-0.2, 0) is 6.42 Å². The van der Waals surface area contributed by atoms with Crippen LogP contribution in [-0.4, -0.2) is 14.5 Å². The van der Waals surface area contributed by atoms with Gasteiger partial charge in [-0.05, 0) is 18.6 Å². The van der Waals surface area contributed by atoms with Crippen LogP contribution in [0.4, 0.5) is 0 Å². The lowest BCUT2D eigenvalue weighted by atomic mass is 10.3. The Morgan fingerprint density at radius 3 is 2.80 bits per heavy atom. The summed E-state index contributed by atoms with van der Waals surface area (Å²) in [5.41, 5.74) is 0.460. The molecule has 0 aromatic carbocycles. The topological polar surface area (TPSA) is 47.8 Å². The molecule has 0 aliphatic heterocycles. The Morgan fingerprint density at radius 2 is 2.13 bits per heavy atom. The number of hydrogen-bond donors (Lipinski definition) is 0. The van der Waals surface area contributed by atoms with Gasteiger partial charge in [0.2, 0.25) is 0 Å². The highest BCUT2D eigenvalue weighted by molar-refractivity contribution is 5.22. The lowest BCUT2D eigenvalue weighted by molar-refractivity contribution is 0.860. The molecule has 0 saturated carbocycles. The molecule has 2 aromatic heterocycles. The van der Waals surface area contributed by atoms with Crippen LogP contribution in [0.3, 0.4) is 0 Å². The first-order valence-electron chi connectivity index (χ1n) is 4.81. The second kappa shape index (κ2) is 4.04. The fraction of sp³-hybridized carbons (Fsp3) is 0.182. The predicted octanol–water partition coefficient (Wildman–Crippen LogP) is 1.19. The molecule has 0 saturated heterocycles. The molecule has 2 aromatic rings. The molecule has 0 spiro atoms. The van der Waals surface area contributed by atoms with Gasteiger partial charge < -0.3 is 0 Å². The van der Waals surface area contributed by atoms with Gasteiger partial charge in [-0.1, -0.05) is 13.0 Å². The minimum Gasteiger partial charge on any atom is -0.267 e. The molecule has 0 fully saturated rings. The van der Waals surface area contributed by atoms with E-state index in [2.05, 4.69) is 9.97 Å².